The summed E-state index contributed by atoms with van der Waals surface area (Å²) in [6.07, 6.45) is 4.28. The standard InChI is InChI=1S/C15H15N3O2S2/c1-22(19,20)11-4-2-10(3-5-11)12-9-18-13-6-7-16-8-14(13)21-15(18)17-12/h2-5,9,16H,6-8H2,1H3. The highest BCUT2D eigenvalue weighted by atomic mass is 32.2. The molecule has 114 valence electrons. The van der Waals surface area contributed by atoms with Gasteiger partial charge in [-0.1, -0.05) is 23.5 Å². The Balaban J connectivity index is 1.76. The van der Waals surface area contributed by atoms with Crippen molar-refractivity contribution in [2.75, 3.05) is 12.8 Å². The second kappa shape index (κ2) is 4.91. The van der Waals surface area contributed by atoms with Gasteiger partial charge in [0.15, 0.2) is 14.8 Å². The molecule has 0 amide bonds. The summed E-state index contributed by atoms with van der Waals surface area (Å²) in [6.45, 7) is 1.91. The maximum atomic E-state index is 11.5. The van der Waals surface area contributed by atoms with Crippen LogP contribution in [0, 0.1) is 0 Å². The van der Waals surface area contributed by atoms with Gasteiger partial charge in [-0.15, -0.1) is 0 Å². The lowest BCUT2D eigenvalue weighted by atomic mass is 10.2. The van der Waals surface area contributed by atoms with E-state index in [-0.39, 0.29) is 0 Å². The van der Waals surface area contributed by atoms with Crippen LogP contribution in [0.1, 0.15) is 10.6 Å². The molecule has 1 aliphatic heterocycles. The van der Waals surface area contributed by atoms with Crippen molar-refractivity contribution in [3.8, 4) is 11.3 Å². The predicted molar refractivity (Wildman–Crippen MR) is 87.0 cm³/mol. The zero-order valence-corrected chi connectivity index (χ0v) is 13.7. The number of sulfone groups is 1. The van der Waals surface area contributed by atoms with Gasteiger partial charge in [-0.25, -0.2) is 13.4 Å². The Labute approximate surface area is 132 Å². The van der Waals surface area contributed by atoms with Gasteiger partial charge in [-0.05, 0) is 12.1 Å². The van der Waals surface area contributed by atoms with Gasteiger partial charge in [-0.3, -0.25) is 4.40 Å². The maximum Gasteiger partial charge on any atom is 0.194 e. The van der Waals surface area contributed by atoms with E-state index in [1.54, 1.807) is 23.5 Å². The third-order valence-electron chi connectivity index (χ3n) is 3.90. The quantitative estimate of drug-likeness (QED) is 0.780. The normalized spacial score (nSPS) is 15.1. The first-order valence-corrected chi connectivity index (χ1v) is 9.74. The fourth-order valence-electron chi connectivity index (χ4n) is 2.75. The number of fused-ring (bicyclic) bond motifs is 3. The maximum absolute atomic E-state index is 11.5. The van der Waals surface area contributed by atoms with Gasteiger partial charge in [0.1, 0.15) is 0 Å². The molecule has 7 heteroatoms. The fourth-order valence-corrected chi connectivity index (χ4v) is 4.50. The van der Waals surface area contributed by atoms with Gasteiger partial charge in [0.2, 0.25) is 0 Å². The summed E-state index contributed by atoms with van der Waals surface area (Å²) in [6, 6.07) is 6.91. The molecule has 1 aromatic carbocycles. The van der Waals surface area contributed by atoms with Gasteiger partial charge in [0.05, 0.1) is 10.6 Å². The summed E-state index contributed by atoms with van der Waals surface area (Å²) in [5, 5.41) is 3.37. The molecular formula is C15H15N3O2S2. The minimum Gasteiger partial charge on any atom is -0.311 e. The summed E-state index contributed by atoms with van der Waals surface area (Å²) < 4.78 is 25.2. The van der Waals surface area contributed by atoms with Crippen molar-refractivity contribution in [2.24, 2.45) is 0 Å². The largest absolute Gasteiger partial charge is 0.311 e. The van der Waals surface area contributed by atoms with Crippen LogP contribution in [-0.4, -0.2) is 30.6 Å². The Kier molecular flexibility index (Phi) is 3.11. The van der Waals surface area contributed by atoms with E-state index in [4.69, 9.17) is 0 Å². The average molecular weight is 333 g/mol. The molecule has 2 aromatic heterocycles. The van der Waals surface area contributed by atoms with Crippen molar-refractivity contribution in [1.29, 1.82) is 0 Å². The van der Waals surface area contributed by atoms with E-state index >= 15 is 0 Å². The van der Waals surface area contributed by atoms with Gasteiger partial charge in [0.25, 0.3) is 0 Å². The summed E-state index contributed by atoms with van der Waals surface area (Å²) in [7, 11) is -3.16. The van der Waals surface area contributed by atoms with Crippen LogP contribution in [-0.2, 0) is 22.8 Å². The third kappa shape index (κ3) is 2.25. The van der Waals surface area contributed by atoms with Crippen LogP contribution in [0.3, 0.4) is 0 Å². The van der Waals surface area contributed by atoms with Crippen molar-refractivity contribution < 1.29 is 8.42 Å². The van der Waals surface area contributed by atoms with E-state index in [2.05, 4.69) is 14.7 Å². The number of imidazole rings is 1. The van der Waals surface area contributed by atoms with Crippen molar-refractivity contribution in [2.45, 2.75) is 17.9 Å². The van der Waals surface area contributed by atoms with Crippen LogP contribution in [0.5, 0.6) is 0 Å². The summed E-state index contributed by atoms with van der Waals surface area (Å²) >= 11 is 1.72. The highest BCUT2D eigenvalue weighted by Gasteiger charge is 2.18. The molecule has 0 atom stereocenters. The molecule has 0 bridgehead atoms. The zero-order valence-electron chi connectivity index (χ0n) is 12.0. The smallest absolute Gasteiger partial charge is 0.194 e. The first-order valence-electron chi connectivity index (χ1n) is 7.03. The molecule has 0 fully saturated rings. The van der Waals surface area contributed by atoms with Gasteiger partial charge in [0, 0.05) is 48.1 Å². The first kappa shape index (κ1) is 13.9. The Morgan fingerprint density at radius 1 is 1.27 bits per heavy atom. The number of rotatable bonds is 2. The van der Waals surface area contributed by atoms with E-state index < -0.39 is 9.84 Å². The van der Waals surface area contributed by atoms with E-state index in [9.17, 15) is 8.42 Å². The number of hydrogen-bond donors (Lipinski definition) is 1. The lowest BCUT2D eigenvalue weighted by molar-refractivity contribution is 0.602. The number of hydrogen-bond acceptors (Lipinski definition) is 5. The topological polar surface area (TPSA) is 63.5 Å². The van der Waals surface area contributed by atoms with Gasteiger partial charge < -0.3 is 5.32 Å². The van der Waals surface area contributed by atoms with Gasteiger partial charge in [-0.2, -0.15) is 0 Å². The SMILES string of the molecule is CS(=O)(=O)c1ccc(-c2cn3c4c(sc3n2)CNCC4)cc1. The Morgan fingerprint density at radius 2 is 2.05 bits per heavy atom. The highest BCUT2D eigenvalue weighted by Crippen LogP contribution is 2.29. The third-order valence-corrected chi connectivity index (χ3v) is 6.13. The molecule has 0 saturated carbocycles. The molecule has 0 aliphatic carbocycles. The molecule has 1 N–H and O–H groups in total. The molecule has 3 heterocycles. The predicted octanol–water partition coefficient (Wildman–Crippen LogP) is 2.11. The van der Waals surface area contributed by atoms with E-state index in [1.807, 2.05) is 18.3 Å². The minimum atomic E-state index is -3.16. The second-order valence-electron chi connectivity index (χ2n) is 5.47. The Morgan fingerprint density at radius 3 is 2.77 bits per heavy atom. The number of thiazole rings is 1. The lowest BCUT2D eigenvalue weighted by Gasteiger charge is -2.11. The first-order chi connectivity index (χ1) is 10.5. The van der Waals surface area contributed by atoms with E-state index in [0.717, 1.165) is 35.7 Å². The average Bonchev–Trinajstić information content (AvgIpc) is 3.04. The monoisotopic (exact) mass is 333 g/mol. The van der Waals surface area contributed by atoms with Crippen molar-refractivity contribution >= 4 is 26.1 Å². The molecular weight excluding hydrogens is 318 g/mol. The molecule has 4 rings (SSSR count). The van der Waals surface area contributed by atoms with Crippen LogP contribution >= 0.6 is 11.3 Å². The summed E-state index contributed by atoms with van der Waals surface area (Å²) in [5.74, 6) is 0. The van der Waals surface area contributed by atoms with Crippen molar-refractivity contribution in [3.63, 3.8) is 0 Å². The van der Waals surface area contributed by atoms with E-state index in [0.29, 0.717) is 4.90 Å². The number of nitrogens with one attached hydrogen (secondary N) is 1. The van der Waals surface area contributed by atoms with Crippen molar-refractivity contribution in [1.82, 2.24) is 14.7 Å². The molecule has 0 spiro atoms. The van der Waals surface area contributed by atoms with Crippen LogP contribution < -0.4 is 5.32 Å². The molecule has 0 saturated heterocycles. The number of nitrogens with zero attached hydrogens (tertiary/aromatic N) is 2. The molecule has 0 unspecified atom stereocenters. The zero-order chi connectivity index (χ0) is 15.3. The summed E-state index contributed by atoms with van der Waals surface area (Å²) in [5.41, 5.74) is 3.16. The number of benzene rings is 1. The Hall–Kier alpha value is -1.70. The Bertz CT molecular complexity index is 953. The molecule has 3 aromatic rings. The summed E-state index contributed by atoms with van der Waals surface area (Å²) in [4.78, 5) is 7.37. The van der Waals surface area contributed by atoms with Crippen LogP contribution in [0.4, 0.5) is 0 Å². The van der Waals surface area contributed by atoms with Crippen LogP contribution in [0.15, 0.2) is 35.4 Å². The molecule has 0 radical (unpaired) electrons. The van der Waals surface area contributed by atoms with E-state index in [1.165, 1.54) is 16.8 Å². The van der Waals surface area contributed by atoms with Gasteiger partial charge >= 0.3 is 0 Å². The second-order valence-corrected chi connectivity index (χ2v) is 8.55. The van der Waals surface area contributed by atoms with Crippen LogP contribution in [0.25, 0.3) is 16.2 Å². The molecule has 22 heavy (non-hydrogen) atoms. The minimum absolute atomic E-state index is 0.334. The van der Waals surface area contributed by atoms with Crippen molar-refractivity contribution in [3.05, 3.63) is 41.0 Å². The lowest BCUT2D eigenvalue weighted by Crippen LogP contribution is -2.23. The number of aromatic nitrogens is 2. The highest BCUT2D eigenvalue weighted by molar-refractivity contribution is 7.90. The molecule has 5 nitrogen and oxygen atoms in total. The fraction of sp³-hybridized carbons (Fsp3) is 0.267. The molecule has 1 aliphatic rings. The van der Waals surface area contributed by atoms with Crippen LogP contribution in [0.2, 0.25) is 0 Å².